The van der Waals surface area contributed by atoms with E-state index in [9.17, 15) is 4.39 Å². The zero-order chi connectivity index (χ0) is 13.1. The van der Waals surface area contributed by atoms with Gasteiger partial charge in [-0.25, -0.2) is 4.39 Å². The van der Waals surface area contributed by atoms with E-state index in [4.69, 9.17) is 12.2 Å². The molecule has 0 fully saturated rings. The topological polar surface area (TPSA) is 12.0 Å². The Morgan fingerprint density at radius 2 is 1.56 bits per heavy atom. The van der Waals surface area contributed by atoms with Crippen LogP contribution in [0.3, 0.4) is 0 Å². The van der Waals surface area contributed by atoms with Crippen LogP contribution in [-0.4, -0.2) is 4.99 Å². The van der Waals surface area contributed by atoms with E-state index in [-0.39, 0.29) is 5.82 Å². The highest BCUT2D eigenvalue weighted by Gasteiger charge is 2.06. The smallest absolute Gasteiger partial charge is 0.123 e. The zero-order valence-electron chi connectivity index (χ0n) is 10.3. The van der Waals surface area contributed by atoms with Crippen molar-refractivity contribution in [1.29, 1.82) is 0 Å². The van der Waals surface area contributed by atoms with Gasteiger partial charge in [-0.1, -0.05) is 30.4 Å². The van der Waals surface area contributed by atoms with Crippen LogP contribution in [0.15, 0.2) is 42.5 Å². The summed E-state index contributed by atoms with van der Waals surface area (Å²) in [5.41, 5.74) is 4.11. The average molecular weight is 259 g/mol. The van der Waals surface area contributed by atoms with Gasteiger partial charge in [0.1, 0.15) is 10.8 Å². The maximum Gasteiger partial charge on any atom is 0.123 e. The largest absolute Gasteiger partial charge is 0.346 e. The van der Waals surface area contributed by atoms with Crippen molar-refractivity contribution in [2.75, 3.05) is 5.32 Å². The predicted octanol–water partition coefficient (Wildman–Crippen LogP) is 4.23. The first-order valence-corrected chi connectivity index (χ1v) is 6.12. The monoisotopic (exact) mass is 259 g/mol. The molecular formula is C15H14FNS. The fraction of sp³-hybridized carbons (Fsp3) is 0.133. The third kappa shape index (κ3) is 2.74. The van der Waals surface area contributed by atoms with Crippen LogP contribution in [0.25, 0.3) is 0 Å². The normalized spacial score (nSPS) is 10.2. The van der Waals surface area contributed by atoms with Crippen molar-refractivity contribution in [2.24, 2.45) is 0 Å². The van der Waals surface area contributed by atoms with Crippen LogP contribution >= 0.6 is 12.2 Å². The molecule has 1 N–H and O–H groups in total. The van der Waals surface area contributed by atoms with Gasteiger partial charge in [0, 0.05) is 11.3 Å². The number of aryl methyl sites for hydroxylation is 2. The van der Waals surface area contributed by atoms with E-state index in [1.165, 1.54) is 12.1 Å². The first kappa shape index (κ1) is 12.7. The summed E-state index contributed by atoms with van der Waals surface area (Å²) in [5.74, 6) is -0.256. The SMILES string of the molecule is Cc1cccc(C)c1NC(=S)c1ccc(F)cc1. The molecule has 0 amide bonds. The Balaban J connectivity index is 2.24. The molecule has 0 aromatic heterocycles. The summed E-state index contributed by atoms with van der Waals surface area (Å²) in [6.07, 6.45) is 0. The van der Waals surface area contributed by atoms with E-state index in [1.54, 1.807) is 12.1 Å². The van der Waals surface area contributed by atoms with E-state index in [2.05, 4.69) is 5.32 Å². The van der Waals surface area contributed by atoms with Crippen LogP contribution in [-0.2, 0) is 0 Å². The van der Waals surface area contributed by atoms with Crippen molar-refractivity contribution in [1.82, 2.24) is 0 Å². The summed E-state index contributed by atoms with van der Waals surface area (Å²) < 4.78 is 12.8. The molecular weight excluding hydrogens is 245 g/mol. The number of nitrogens with one attached hydrogen (secondary N) is 1. The summed E-state index contributed by atoms with van der Waals surface area (Å²) >= 11 is 5.33. The maximum absolute atomic E-state index is 12.8. The molecule has 92 valence electrons. The van der Waals surface area contributed by atoms with E-state index < -0.39 is 0 Å². The van der Waals surface area contributed by atoms with Crippen molar-refractivity contribution in [2.45, 2.75) is 13.8 Å². The van der Waals surface area contributed by atoms with Gasteiger partial charge in [-0.3, -0.25) is 0 Å². The number of benzene rings is 2. The Hall–Kier alpha value is -1.74. The quantitative estimate of drug-likeness (QED) is 0.810. The van der Waals surface area contributed by atoms with Gasteiger partial charge >= 0.3 is 0 Å². The molecule has 0 aliphatic carbocycles. The first-order valence-electron chi connectivity index (χ1n) is 5.71. The lowest BCUT2D eigenvalue weighted by molar-refractivity contribution is 0.628. The molecule has 2 aromatic carbocycles. The maximum atomic E-state index is 12.8. The molecule has 3 heteroatoms. The Bertz CT molecular complexity index is 555. The van der Waals surface area contributed by atoms with Gasteiger partial charge in [-0.2, -0.15) is 0 Å². The van der Waals surface area contributed by atoms with Gasteiger partial charge in [0.05, 0.1) is 0 Å². The molecule has 0 unspecified atom stereocenters. The van der Waals surface area contributed by atoms with Gasteiger partial charge in [0.25, 0.3) is 0 Å². The number of hydrogen-bond donors (Lipinski definition) is 1. The molecule has 0 saturated carbocycles. The minimum atomic E-state index is -0.256. The van der Waals surface area contributed by atoms with Crippen LogP contribution < -0.4 is 5.32 Å². The summed E-state index contributed by atoms with van der Waals surface area (Å²) in [6, 6.07) is 12.3. The predicted molar refractivity (Wildman–Crippen MR) is 77.6 cm³/mol. The lowest BCUT2D eigenvalue weighted by atomic mass is 10.1. The number of halogens is 1. The molecule has 2 rings (SSSR count). The van der Waals surface area contributed by atoms with Crippen LogP contribution in [0.4, 0.5) is 10.1 Å². The fourth-order valence-electron chi connectivity index (χ4n) is 1.80. The molecule has 2 aromatic rings. The van der Waals surface area contributed by atoms with Gasteiger partial charge in [0.15, 0.2) is 0 Å². The highest BCUT2D eigenvalue weighted by molar-refractivity contribution is 7.81. The highest BCUT2D eigenvalue weighted by atomic mass is 32.1. The summed E-state index contributed by atoms with van der Waals surface area (Å²) in [6.45, 7) is 4.06. The first-order chi connectivity index (χ1) is 8.58. The standard InChI is InChI=1S/C15H14FNS/c1-10-4-3-5-11(2)14(10)17-15(18)12-6-8-13(16)9-7-12/h3-9H,1-2H3,(H,17,18). The Morgan fingerprint density at radius 3 is 2.11 bits per heavy atom. The number of para-hydroxylation sites is 1. The minimum Gasteiger partial charge on any atom is -0.346 e. The van der Waals surface area contributed by atoms with Crippen LogP contribution in [0.1, 0.15) is 16.7 Å². The van der Waals surface area contributed by atoms with Crippen molar-refractivity contribution in [3.63, 3.8) is 0 Å². The van der Waals surface area contributed by atoms with Crippen molar-refractivity contribution in [3.8, 4) is 0 Å². The van der Waals surface area contributed by atoms with Crippen molar-refractivity contribution < 1.29 is 4.39 Å². The van der Waals surface area contributed by atoms with E-state index >= 15 is 0 Å². The van der Waals surface area contributed by atoms with Crippen molar-refractivity contribution in [3.05, 3.63) is 65.0 Å². The van der Waals surface area contributed by atoms with Gasteiger partial charge in [-0.05, 0) is 49.2 Å². The number of anilines is 1. The van der Waals surface area contributed by atoms with E-state index in [0.717, 1.165) is 22.4 Å². The Labute approximate surface area is 112 Å². The number of rotatable bonds is 2. The molecule has 0 aliphatic rings. The number of thiocarbonyl (C=S) groups is 1. The summed E-state index contributed by atoms with van der Waals surface area (Å²) in [5, 5.41) is 3.22. The van der Waals surface area contributed by atoms with Gasteiger partial charge < -0.3 is 5.32 Å². The molecule has 0 bridgehead atoms. The lowest BCUT2D eigenvalue weighted by Gasteiger charge is -2.13. The van der Waals surface area contributed by atoms with Crippen molar-refractivity contribution >= 4 is 22.9 Å². The van der Waals surface area contributed by atoms with Gasteiger partial charge in [0.2, 0.25) is 0 Å². The highest BCUT2D eigenvalue weighted by Crippen LogP contribution is 2.20. The number of hydrogen-bond acceptors (Lipinski definition) is 1. The van der Waals surface area contributed by atoms with Gasteiger partial charge in [-0.15, -0.1) is 0 Å². The Kier molecular flexibility index (Phi) is 3.72. The lowest BCUT2D eigenvalue weighted by Crippen LogP contribution is -2.12. The fourth-order valence-corrected chi connectivity index (χ4v) is 2.04. The third-order valence-electron chi connectivity index (χ3n) is 2.83. The van der Waals surface area contributed by atoms with Crippen LogP contribution in [0, 0.1) is 19.7 Å². The minimum absolute atomic E-state index is 0.256. The second kappa shape index (κ2) is 5.27. The van der Waals surface area contributed by atoms with Crippen LogP contribution in [0.5, 0.6) is 0 Å². The second-order valence-electron chi connectivity index (χ2n) is 4.23. The molecule has 0 saturated heterocycles. The molecule has 0 radical (unpaired) electrons. The third-order valence-corrected chi connectivity index (χ3v) is 3.16. The zero-order valence-corrected chi connectivity index (χ0v) is 11.1. The Morgan fingerprint density at radius 1 is 1.00 bits per heavy atom. The average Bonchev–Trinajstić information content (AvgIpc) is 2.34. The second-order valence-corrected chi connectivity index (χ2v) is 4.64. The molecule has 0 aliphatic heterocycles. The summed E-state index contributed by atoms with van der Waals surface area (Å²) in [4.78, 5) is 0.604. The summed E-state index contributed by atoms with van der Waals surface area (Å²) in [7, 11) is 0. The molecule has 0 spiro atoms. The van der Waals surface area contributed by atoms with Crippen LogP contribution in [0.2, 0.25) is 0 Å². The van der Waals surface area contributed by atoms with E-state index in [0.29, 0.717) is 4.99 Å². The molecule has 1 nitrogen and oxygen atoms in total. The van der Waals surface area contributed by atoms with E-state index in [1.807, 2.05) is 32.0 Å². The molecule has 0 heterocycles. The molecule has 0 atom stereocenters. The molecule has 18 heavy (non-hydrogen) atoms.